The number of fused-ring (bicyclic) bond motifs is 2. The van der Waals surface area contributed by atoms with E-state index < -0.39 is 12.1 Å². The Balaban J connectivity index is 1.55. The van der Waals surface area contributed by atoms with E-state index in [1.54, 1.807) is 38.5 Å². The number of methoxy groups -OCH3 is 2. The molecule has 8 heteroatoms. The Bertz CT molecular complexity index is 1760. The molecule has 198 valence electrons. The Hall–Kier alpha value is -3.68. The van der Waals surface area contributed by atoms with Crippen molar-refractivity contribution in [2.24, 2.45) is 4.99 Å². The largest absolute Gasteiger partial charge is 0.493 e. The van der Waals surface area contributed by atoms with Crippen LogP contribution in [-0.2, 0) is 17.6 Å². The number of aryl methyl sites for hydroxylation is 2. The van der Waals surface area contributed by atoms with Crippen molar-refractivity contribution in [3.8, 4) is 11.5 Å². The standard InChI is InChI=1S/C31H27ClN2O4S/c1-37-24-14-11-22(17-25(24)38-2)28-29(35)27(21-10-9-19-5-3-4-6-20(19)16-21)33-31-34(28)30(36)26(39-31)15-18-7-12-23(32)13-8-18/h7-17,27-28H,3-6H2,1-2H3/b26-15+. The minimum absolute atomic E-state index is 0.150. The van der Waals surface area contributed by atoms with Gasteiger partial charge in [-0.3, -0.25) is 14.2 Å². The fourth-order valence-electron chi connectivity index (χ4n) is 5.46. The molecule has 0 saturated heterocycles. The van der Waals surface area contributed by atoms with Gasteiger partial charge in [0, 0.05) is 5.02 Å². The minimum atomic E-state index is -0.852. The molecule has 0 N–H and O–H groups in total. The molecule has 3 aromatic carbocycles. The zero-order valence-corrected chi connectivity index (χ0v) is 23.2. The van der Waals surface area contributed by atoms with Crippen LogP contribution >= 0.6 is 22.9 Å². The molecule has 39 heavy (non-hydrogen) atoms. The number of ether oxygens (including phenoxy) is 2. The van der Waals surface area contributed by atoms with Crippen molar-refractivity contribution in [3.63, 3.8) is 0 Å². The molecule has 2 unspecified atom stereocenters. The van der Waals surface area contributed by atoms with E-state index >= 15 is 0 Å². The Kier molecular flexibility index (Phi) is 6.87. The maximum atomic E-state index is 14.2. The van der Waals surface area contributed by atoms with Crippen LogP contribution in [0, 0.1) is 0 Å². The summed E-state index contributed by atoms with van der Waals surface area (Å²) in [5.74, 6) is 0.895. The number of rotatable bonds is 5. The Morgan fingerprint density at radius 2 is 1.62 bits per heavy atom. The van der Waals surface area contributed by atoms with Gasteiger partial charge in [0.2, 0.25) is 0 Å². The number of thiazole rings is 1. The zero-order chi connectivity index (χ0) is 27.1. The molecule has 0 fully saturated rings. The van der Waals surface area contributed by atoms with Crippen molar-refractivity contribution in [2.45, 2.75) is 37.8 Å². The Morgan fingerprint density at radius 3 is 2.36 bits per heavy atom. The fraction of sp³-hybridized carbons (Fsp3) is 0.258. The first-order valence-corrected chi connectivity index (χ1v) is 14.1. The smallest absolute Gasteiger partial charge is 0.271 e. The number of carbonyl (C=O) groups is 1. The van der Waals surface area contributed by atoms with Crippen LogP contribution in [0.1, 0.15) is 52.7 Å². The average molecular weight is 559 g/mol. The van der Waals surface area contributed by atoms with Gasteiger partial charge in [-0.15, -0.1) is 0 Å². The first-order chi connectivity index (χ1) is 19.0. The average Bonchev–Trinajstić information content (AvgIpc) is 3.27. The molecule has 0 amide bonds. The molecule has 1 aromatic heterocycles. The van der Waals surface area contributed by atoms with E-state index in [-0.39, 0.29) is 11.3 Å². The van der Waals surface area contributed by atoms with Crippen LogP contribution in [-0.4, -0.2) is 24.6 Å². The second kappa shape index (κ2) is 10.5. The van der Waals surface area contributed by atoms with Crippen molar-refractivity contribution < 1.29 is 14.3 Å². The molecular formula is C31H27ClN2O4S. The summed E-state index contributed by atoms with van der Waals surface area (Å²) in [6, 6.07) is 17.3. The maximum Gasteiger partial charge on any atom is 0.271 e. The van der Waals surface area contributed by atoms with E-state index in [9.17, 15) is 9.59 Å². The van der Waals surface area contributed by atoms with Crippen molar-refractivity contribution in [1.29, 1.82) is 0 Å². The van der Waals surface area contributed by atoms with Crippen molar-refractivity contribution in [3.05, 3.63) is 113 Å². The predicted octanol–water partition coefficient (Wildman–Crippen LogP) is 4.82. The molecular weight excluding hydrogens is 532 g/mol. The molecule has 0 bridgehead atoms. The molecule has 2 heterocycles. The first-order valence-electron chi connectivity index (χ1n) is 12.9. The lowest BCUT2D eigenvalue weighted by atomic mass is 9.86. The van der Waals surface area contributed by atoms with E-state index in [1.165, 1.54) is 33.5 Å². The molecule has 6 rings (SSSR count). The number of ketones is 1. The third kappa shape index (κ3) is 4.70. The third-order valence-corrected chi connectivity index (χ3v) is 8.70. The van der Waals surface area contributed by atoms with Gasteiger partial charge in [-0.1, -0.05) is 59.3 Å². The molecule has 2 atom stereocenters. The van der Waals surface area contributed by atoms with Gasteiger partial charge < -0.3 is 9.47 Å². The lowest BCUT2D eigenvalue weighted by molar-refractivity contribution is -0.123. The number of halogens is 1. The molecule has 6 nitrogen and oxygen atoms in total. The highest BCUT2D eigenvalue weighted by molar-refractivity contribution is 7.07. The SMILES string of the molecule is COc1ccc(C2C(=O)C(c3ccc4c(c3)CCCC4)N=c3s/c(=C/c4ccc(Cl)cc4)c(=O)n32)cc1OC. The second-order valence-corrected chi connectivity index (χ2v) is 11.3. The summed E-state index contributed by atoms with van der Waals surface area (Å²) in [5, 5.41) is 0.622. The molecule has 2 aliphatic rings. The van der Waals surface area contributed by atoms with Gasteiger partial charge >= 0.3 is 0 Å². The van der Waals surface area contributed by atoms with Gasteiger partial charge in [-0.2, -0.15) is 0 Å². The molecule has 0 spiro atoms. The van der Waals surface area contributed by atoms with Gasteiger partial charge in [-0.05, 0) is 83.8 Å². The van der Waals surface area contributed by atoms with Crippen molar-refractivity contribution in [1.82, 2.24) is 4.57 Å². The summed E-state index contributed by atoms with van der Waals surface area (Å²) >= 11 is 7.34. The maximum absolute atomic E-state index is 14.2. The summed E-state index contributed by atoms with van der Waals surface area (Å²) in [6.45, 7) is 0. The number of carbonyl (C=O) groups excluding carboxylic acids is 1. The van der Waals surface area contributed by atoms with Crippen LogP contribution in [0.4, 0.5) is 0 Å². The topological polar surface area (TPSA) is 69.9 Å². The monoisotopic (exact) mass is 558 g/mol. The molecule has 0 radical (unpaired) electrons. The minimum Gasteiger partial charge on any atom is -0.493 e. The van der Waals surface area contributed by atoms with Crippen LogP contribution < -0.4 is 24.4 Å². The number of benzene rings is 3. The van der Waals surface area contributed by atoms with E-state index in [0.29, 0.717) is 31.4 Å². The fourth-order valence-corrected chi connectivity index (χ4v) is 6.61. The highest BCUT2D eigenvalue weighted by Crippen LogP contribution is 2.36. The van der Waals surface area contributed by atoms with Crippen LogP contribution in [0.3, 0.4) is 0 Å². The Labute approximate surface area is 234 Å². The van der Waals surface area contributed by atoms with Crippen molar-refractivity contribution >= 4 is 34.8 Å². The van der Waals surface area contributed by atoms with E-state index in [4.69, 9.17) is 26.1 Å². The van der Waals surface area contributed by atoms with Crippen molar-refractivity contribution in [2.75, 3.05) is 14.2 Å². The summed E-state index contributed by atoms with van der Waals surface area (Å²) in [4.78, 5) is 33.4. The Morgan fingerprint density at radius 1 is 0.897 bits per heavy atom. The van der Waals surface area contributed by atoms with Gasteiger partial charge in [0.1, 0.15) is 12.1 Å². The summed E-state index contributed by atoms with van der Waals surface area (Å²) in [5.41, 5.74) is 4.73. The van der Waals surface area contributed by atoms with Gasteiger partial charge in [0.25, 0.3) is 5.56 Å². The van der Waals surface area contributed by atoms with Crippen LogP contribution in [0.2, 0.25) is 5.02 Å². The van der Waals surface area contributed by atoms with E-state index in [1.807, 2.05) is 30.3 Å². The van der Waals surface area contributed by atoms with Gasteiger partial charge in [-0.25, -0.2) is 4.99 Å². The number of nitrogens with zero attached hydrogens (tertiary/aromatic N) is 2. The van der Waals surface area contributed by atoms with Crippen LogP contribution in [0.15, 0.2) is 70.5 Å². The molecule has 1 aliphatic heterocycles. The lowest BCUT2D eigenvalue weighted by Gasteiger charge is -2.26. The van der Waals surface area contributed by atoms with Gasteiger partial charge in [0.15, 0.2) is 22.1 Å². The highest BCUT2D eigenvalue weighted by Gasteiger charge is 2.37. The predicted molar refractivity (Wildman–Crippen MR) is 153 cm³/mol. The summed E-state index contributed by atoms with van der Waals surface area (Å²) < 4.78 is 13.0. The normalized spacial score (nSPS) is 18.7. The summed E-state index contributed by atoms with van der Waals surface area (Å²) in [6.07, 6.45) is 6.22. The number of hydrogen-bond donors (Lipinski definition) is 0. The number of Topliss-reactive ketones (excluding diaryl/α,β-unsaturated/α-hetero) is 1. The van der Waals surface area contributed by atoms with Gasteiger partial charge in [0.05, 0.1) is 18.8 Å². The first kappa shape index (κ1) is 25.6. The zero-order valence-electron chi connectivity index (χ0n) is 21.6. The highest BCUT2D eigenvalue weighted by atomic mass is 35.5. The summed E-state index contributed by atoms with van der Waals surface area (Å²) in [7, 11) is 3.12. The third-order valence-electron chi connectivity index (χ3n) is 7.45. The molecule has 4 aromatic rings. The second-order valence-electron chi connectivity index (χ2n) is 9.81. The van der Waals surface area contributed by atoms with Crippen LogP contribution in [0.25, 0.3) is 6.08 Å². The number of aromatic nitrogens is 1. The number of hydrogen-bond acceptors (Lipinski definition) is 6. The molecule has 0 saturated carbocycles. The van der Waals surface area contributed by atoms with E-state index in [2.05, 4.69) is 12.1 Å². The lowest BCUT2D eigenvalue weighted by Crippen LogP contribution is -2.43. The molecule has 1 aliphatic carbocycles. The van der Waals surface area contributed by atoms with Crippen LogP contribution in [0.5, 0.6) is 11.5 Å². The van der Waals surface area contributed by atoms with E-state index in [0.717, 1.165) is 30.4 Å². The quantitative estimate of drug-likeness (QED) is 0.352.